The van der Waals surface area contributed by atoms with E-state index in [0.717, 1.165) is 11.4 Å². The predicted molar refractivity (Wildman–Crippen MR) is 69.3 cm³/mol. The third kappa shape index (κ3) is 3.49. The van der Waals surface area contributed by atoms with Gasteiger partial charge in [0.05, 0.1) is 11.5 Å². The Morgan fingerprint density at radius 3 is 2.83 bits per heavy atom. The summed E-state index contributed by atoms with van der Waals surface area (Å²) in [5.41, 5.74) is 0. The molecule has 0 unspecified atom stereocenters. The van der Waals surface area contributed by atoms with Crippen LogP contribution in [0.5, 0.6) is 0 Å². The molecule has 18 heavy (non-hydrogen) atoms. The van der Waals surface area contributed by atoms with Gasteiger partial charge in [-0.3, -0.25) is 4.79 Å². The Balaban J connectivity index is 1.86. The van der Waals surface area contributed by atoms with Crippen LogP contribution in [0.3, 0.4) is 0 Å². The lowest BCUT2D eigenvalue weighted by molar-refractivity contribution is -0.116. The van der Waals surface area contributed by atoms with Crippen molar-refractivity contribution in [1.29, 1.82) is 0 Å². The van der Waals surface area contributed by atoms with E-state index in [1.807, 2.05) is 6.92 Å². The van der Waals surface area contributed by atoms with Crippen LogP contribution in [0.25, 0.3) is 0 Å². The maximum absolute atomic E-state index is 11.7. The van der Waals surface area contributed by atoms with Crippen molar-refractivity contribution < 1.29 is 13.2 Å². The van der Waals surface area contributed by atoms with Crippen LogP contribution < -0.4 is 5.32 Å². The second-order valence-corrected chi connectivity index (χ2v) is 7.67. The highest BCUT2D eigenvalue weighted by molar-refractivity contribution is 7.91. The summed E-state index contributed by atoms with van der Waals surface area (Å²) in [7, 11) is -2.92. The van der Waals surface area contributed by atoms with Crippen molar-refractivity contribution in [2.45, 2.75) is 26.2 Å². The van der Waals surface area contributed by atoms with Crippen LogP contribution in [0.1, 0.15) is 24.8 Å². The summed E-state index contributed by atoms with van der Waals surface area (Å²) in [5.74, 6) is 0.0741. The standard InChI is InChI=1S/C10H15N3O3S2/c1-2-9-12-13-10(17-9)11-8(14)5-7-3-4-18(15,16)6-7/h7H,2-6H2,1H3,(H,11,13,14)/t7-/m1/s1. The Hall–Kier alpha value is -1.02. The van der Waals surface area contributed by atoms with Crippen molar-refractivity contribution >= 4 is 32.2 Å². The lowest BCUT2D eigenvalue weighted by Gasteiger charge is -2.05. The first kappa shape index (κ1) is 13.4. The summed E-state index contributed by atoms with van der Waals surface area (Å²) < 4.78 is 22.5. The minimum Gasteiger partial charge on any atom is -0.301 e. The number of sulfone groups is 1. The first-order valence-corrected chi connectivity index (χ1v) is 8.45. The molecule has 1 aliphatic rings. The second kappa shape index (κ2) is 5.31. The highest BCUT2D eigenvalue weighted by Gasteiger charge is 2.29. The number of carbonyl (C=O) groups is 1. The molecule has 2 heterocycles. The van der Waals surface area contributed by atoms with Gasteiger partial charge in [0.1, 0.15) is 5.01 Å². The van der Waals surface area contributed by atoms with Gasteiger partial charge in [0.15, 0.2) is 9.84 Å². The summed E-state index contributed by atoms with van der Waals surface area (Å²) in [6.45, 7) is 1.97. The number of aryl methyl sites for hydroxylation is 1. The number of hydrogen-bond donors (Lipinski definition) is 1. The molecular formula is C10H15N3O3S2. The van der Waals surface area contributed by atoms with E-state index in [1.165, 1.54) is 11.3 Å². The van der Waals surface area contributed by atoms with Crippen LogP contribution in [0.2, 0.25) is 0 Å². The topological polar surface area (TPSA) is 89.0 Å². The molecule has 8 heteroatoms. The van der Waals surface area contributed by atoms with Gasteiger partial charge in [-0.2, -0.15) is 0 Å². The van der Waals surface area contributed by atoms with Crippen LogP contribution in [-0.4, -0.2) is 36.0 Å². The molecule has 1 amide bonds. The van der Waals surface area contributed by atoms with E-state index in [1.54, 1.807) is 0 Å². The fraction of sp³-hybridized carbons (Fsp3) is 0.700. The van der Waals surface area contributed by atoms with Crippen LogP contribution in [0.15, 0.2) is 0 Å². The van der Waals surface area contributed by atoms with Gasteiger partial charge in [-0.1, -0.05) is 18.3 Å². The molecule has 0 bridgehead atoms. The highest BCUT2D eigenvalue weighted by Crippen LogP contribution is 2.22. The van der Waals surface area contributed by atoms with Crippen molar-refractivity contribution in [3.63, 3.8) is 0 Å². The number of carbonyl (C=O) groups excluding carboxylic acids is 1. The SMILES string of the molecule is CCc1nnc(NC(=O)C[C@H]2CCS(=O)(=O)C2)s1. The summed E-state index contributed by atoms with van der Waals surface area (Å²) in [6.07, 6.45) is 1.60. The Morgan fingerprint density at radius 2 is 2.28 bits per heavy atom. The molecule has 1 aliphatic heterocycles. The van der Waals surface area contributed by atoms with Crippen molar-refractivity contribution in [1.82, 2.24) is 10.2 Å². The predicted octanol–water partition coefficient (Wildman–Crippen LogP) is 0.864. The number of nitrogens with zero attached hydrogens (tertiary/aromatic N) is 2. The minimum absolute atomic E-state index is 0.0615. The summed E-state index contributed by atoms with van der Waals surface area (Å²) in [4.78, 5) is 11.7. The molecule has 0 spiro atoms. The van der Waals surface area contributed by atoms with Crippen LogP contribution in [0, 0.1) is 5.92 Å². The van der Waals surface area contributed by atoms with Crippen molar-refractivity contribution in [3.05, 3.63) is 5.01 Å². The van der Waals surface area contributed by atoms with Gasteiger partial charge in [-0.25, -0.2) is 8.42 Å². The average molecular weight is 289 g/mol. The Bertz CT molecular complexity index is 538. The molecule has 0 radical (unpaired) electrons. The number of amides is 1. The smallest absolute Gasteiger partial charge is 0.226 e. The van der Waals surface area contributed by atoms with E-state index in [-0.39, 0.29) is 29.8 Å². The van der Waals surface area contributed by atoms with Gasteiger partial charge in [0, 0.05) is 6.42 Å². The third-order valence-electron chi connectivity index (χ3n) is 2.82. The summed E-state index contributed by atoms with van der Waals surface area (Å²) in [5, 5.41) is 11.8. The lowest BCUT2D eigenvalue weighted by Crippen LogP contribution is -2.17. The summed E-state index contributed by atoms with van der Waals surface area (Å²) in [6, 6.07) is 0. The zero-order chi connectivity index (χ0) is 13.2. The largest absolute Gasteiger partial charge is 0.301 e. The Morgan fingerprint density at radius 1 is 1.50 bits per heavy atom. The summed E-state index contributed by atoms with van der Waals surface area (Å²) >= 11 is 1.35. The Labute approximate surface area is 110 Å². The van der Waals surface area contributed by atoms with Gasteiger partial charge in [-0.05, 0) is 18.8 Å². The normalized spacial score (nSPS) is 21.9. The van der Waals surface area contributed by atoms with Crippen molar-refractivity contribution in [3.8, 4) is 0 Å². The van der Waals surface area contributed by atoms with E-state index < -0.39 is 9.84 Å². The molecule has 0 aliphatic carbocycles. The second-order valence-electron chi connectivity index (χ2n) is 4.38. The number of nitrogens with one attached hydrogen (secondary N) is 1. The van der Waals surface area contributed by atoms with E-state index in [2.05, 4.69) is 15.5 Å². The lowest BCUT2D eigenvalue weighted by atomic mass is 10.1. The zero-order valence-electron chi connectivity index (χ0n) is 10.0. The highest BCUT2D eigenvalue weighted by atomic mass is 32.2. The zero-order valence-corrected chi connectivity index (χ0v) is 11.7. The van der Waals surface area contributed by atoms with Crippen molar-refractivity contribution in [2.75, 3.05) is 16.8 Å². The first-order chi connectivity index (χ1) is 8.48. The molecule has 1 atom stereocenters. The number of anilines is 1. The molecule has 6 nitrogen and oxygen atoms in total. The number of aromatic nitrogens is 2. The number of hydrogen-bond acceptors (Lipinski definition) is 6. The van der Waals surface area contributed by atoms with Crippen LogP contribution in [-0.2, 0) is 21.1 Å². The fourth-order valence-electron chi connectivity index (χ4n) is 1.91. The quantitative estimate of drug-likeness (QED) is 0.888. The molecule has 1 aromatic rings. The molecule has 1 fully saturated rings. The maximum atomic E-state index is 11.7. The van der Waals surface area contributed by atoms with Gasteiger partial charge >= 0.3 is 0 Å². The molecule has 1 saturated heterocycles. The van der Waals surface area contributed by atoms with Gasteiger partial charge in [-0.15, -0.1) is 10.2 Å². The van der Waals surface area contributed by atoms with E-state index >= 15 is 0 Å². The van der Waals surface area contributed by atoms with E-state index in [0.29, 0.717) is 11.6 Å². The van der Waals surface area contributed by atoms with Gasteiger partial charge in [0.25, 0.3) is 0 Å². The molecule has 0 aromatic carbocycles. The van der Waals surface area contributed by atoms with Gasteiger partial charge < -0.3 is 5.32 Å². The monoisotopic (exact) mass is 289 g/mol. The average Bonchev–Trinajstić information content (AvgIpc) is 2.85. The molecule has 0 saturated carbocycles. The van der Waals surface area contributed by atoms with Crippen LogP contribution >= 0.6 is 11.3 Å². The number of rotatable bonds is 4. The molecular weight excluding hydrogens is 274 g/mol. The van der Waals surface area contributed by atoms with Gasteiger partial charge in [0.2, 0.25) is 11.0 Å². The first-order valence-electron chi connectivity index (χ1n) is 5.81. The third-order valence-corrected chi connectivity index (χ3v) is 5.64. The maximum Gasteiger partial charge on any atom is 0.226 e. The van der Waals surface area contributed by atoms with E-state index in [4.69, 9.17) is 0 Å². The Kier molecular flexibility index (Phi) is 3.96. The molecule has 1 aromatic heterocycles. The molecule has 2 rings (SSSR count). The van der Waals surface area contributed by atoms with Crippen LogP contribution in [0.4, 0.5) is 5.13 Å². The fourth-order valence-corrected chi connectivity index (χ4v) is 4.47. The molecule has 1 N–H and O–H groups in total. The van der Waals surface area contributed by atoms with Crippen molar-refractivity contribution in [2.24, 2.45) is 5.92 Å². The molecule has 100 valence electrons. The van der Waals surface area contributed by atoms with E-state index in [9.17, 15) is 13.2 Å². The minimum atomic E-state index is -2.92.